The molecule has 0 saturated heterocycles. The first-order valence-corrected chi connectivity index (χ1v) is 8.78. The van der Waals surface area contributed by atoms with Crippen LogP contribution in [0.1, 0.15) is 23.1 Å². The highest BCUT2D eigenvalue weighted by Gasteiger charge is 2.14. The summed E-state index contributed by atoms with van der Waals surface area (Å²) >= 11 is 0. The van der Waals surface area contributed by atoms with Crippen molar-refractivity contribution in [1.29, 1.82) is 0 Å². The molecule has 1 atom stereocenters. The van der Waals surface area contributed by atoms with Crippen molar-refractivity contribution >= 4 is 17.6 Å². The molecule has 1 aromatic carbocycles. The molecule has 0 spiro atoms. The lowest BCUT2D eigenvalue weighted by Gasteiger charge is -2.13. The fraction of sp³-hybridized carbons (Fsp3) is 0.150. The molecule has 3 aromatic rings. The van der Waals surface area contributed by atoms with Gasteiger partial charge in [0, 0.05) is 23.4 Å². The van der Waals surface area contributed by atoms with Gasteiger partial charge in [-0.2, -0.15) is 0 Å². The van der Waals surface area contributed by atoms with Crippen LogP contribution >= 0.6 is 0 Å². The van der Waals surface area contributed by atoms with Gasteiger partial charge in [-0.05, 0) is 44.2 Å². The van der Waals surface area contributed by atoms with Crippen LogP contribution in [0.15, 0.2) is 48.5 Å². The number of hydrogen-bond acceptors (Lipinski definition) is 7. The Hall–Kier alpha value is -4.01. The number of amides is 2. The molecule has 2 heterocycles. The van der Waals surface area contributed by atoms with Gasteiger partial charge in [0.25, 0.3) is 5.91 Å². The number of hydrogen-bond donors (Lipinski definition) is 3. The van der Waals surface area contributed by atoms with Gasteiger partial charge in [0.2, 0.25) is 11.8 Å². The van der Waals surface area contributed by atoms with E-state index in [4.69, 9.17) is 16.2 Å². The van der Waals surface area contributed by atoms with Crippen molar-refractivity contribution < 1.29 is 14.3 Å². The van der Waals surface area contributed by atoms with Gasteiger partial charge in [-0.25, -0.2) is 15.0 Å². The number of rotatable bonds is 7. The molecule has 0 saturated carbocycles. The predicted molar refractivity (Wildman–Crippen MR) is 107 cm³/mol. The minimum Gasteiger partial charge on any atom is -0.439 e. The molecule has 2 aromatic heterocycles. The third-order valence-corrected chi connectivity index (χ3v) is 3.97. The van der Waals surface area contributed by atoms with Gasteiger partial charge in [-0.1, -0.05) is 6.07 Å². The summed E-state index contributed by atoms with van der Waals surface area (Å²) in [5, 5.41) is 2.83. The fourth-order valence-corrected chi connectivity index (χ4v) is 2.44. The number of anilines is 1. The Morgan fingerprint density at radius 2 is 1.76 bits per heavy atom. The van der Waals surface area contributed by atoms with Gasteiger partial charge < -0.3 is 21.5 Å². The van der Waals surface area contributed by atoms with Gasteiger partial charge in [-0.15, -0.1) is 0 Å². The maximum Gasteiger partial charge on any atom is 0.267 e. The number of carbonyl (C=O) groups is 2. The number of ether oxygens (including phenoxy) is 1. The molecule has 0 aliphatic heterocycles. The molecule has 148 valence electrons. The minimum atomic E-state index is -0.714. The van der Waals surface area contributed by atoms with Crippen molar-refractivity contribution in [2.24, 2.45) is 11.5 Å². The summed E-state index contributed by atoms with van der Waals surface area (Å²) in [7, 11) is 0. The minimum absolute atomic E-state index is 0.0125. The number of primary amides is 2. The summed E-state index contributed by atoms with van der Waals surface area (Å²) in [5.41, 5.74) is 12.1. The molecule has 9 nitrogen and oxygen atoms in total. The Labute approximate surface area is 167 Å². The standard InChI is InChI=1S/C20H20N6O3/c1-11-4-3-5-17(23-11)29-14-8-6-13(7-9-14)20-25-15(19(22)28)10-16(26-20)24-12(2)18(21)27/h3-10,12H,1-2H3,(H2,21,27)(H2,22,28)(H,24,25,26)/t12-/m0/s1. The number of aryl methyl sites for hydroxylation is 1. The number of nitrogens with two attached hydrogens (primary N) is 2. The predicted octanol–water partition coefficient (Wildman–Crippen LogP) is 2.02. The largest absolute Gasteiger partial charge is 0.439 e. The van der Waals surface area contributed by atoms with E-state index in [9.17, 15) is 9.59 Å². The van der Waals surface area contributed by atoms with Gasteiger partial charge in [0.15, 0.2) is 5.82 Å². The summed E-state index contributed by atoms with van der Waals surface area (Å²) in [6.07, 6.45) is 0. The van der Waals surface area contributed by atoms with E-state index in [2.05, 4.69) is 20.3 Å². The van der Waals surface area contributed by atoms with E-state index in [0.717, 1.165) is 5.69 Å². The maximum absolute atomic E-state index is 11.6. The second-order valence-electron chi connectivity index (χ2n) is 6.34. The molecule has 29 heavy (non-hydrogen) atoms. The first kappa shape index (κ1) is 19.7. The first-order chi connectivity index (χ1) is 13.8. The van der Waals surface area contributed by atoms with Crippen molar-refractivity contribution in [3.8, 4) is 23.0 Å². The summed E-state index contributed by atoms with van der Waals surface area (Å²) in [4.78, 5) is 35.7. The van der Waals surface area contributed by atoms with Crippen LogP contribution in [0.25, 0.3) is 11.4 Å². The SMILES string of the molecule is Cc1cccc(Oc2ccc(-c3nc(N[C@@H](C)C(N)=O)cc(C(N)=O)n3)cc2)n1. The second kappa shape index (κ2) is 8.34. The number of carbonyl (C=O) groups excluding carboxylic acids is 2. The number of benzene rings is 1. The van der Waals surface area contributed by atoms with Crippen LogP contribution in [0.5, 0.6) is 11.6 Å². The Morgan fingerprint density at radius 3 is 2.38 bits per heavy atom. The maximum atomic E-state index is 11.6. The molecule has 3 rings (SSSR count). The summed E-state index contributed by atoms with van der Waals surface area (Å²) in [6.45, 7) is 3.46. The normalized spacial score (nSPS) is 11.5. The van der Waals surface area contributed by atoms with Crippen LogP contribution < -0.4 is 21.5 Å². The molecule has 0 unspecified atom stereocenters. The van der Waals surface area contributed by atoms with Crippen LogP contribution in [0, 0.1) is 6.92 Å². The van der Waals surface area contributed by atoms with Crippen LogP contribution in [-0.2, 0) is 4.79 Å². The Kier molecular flexibility index (Phi) is 5.68. The molecule has 0 bridgehead atoms. The highest BCUT2D eigenvalue weighted by atomic mass is 16.5. The molecular weight excluding hydrogens is 372 g/mol. The summed E-state index contributed by atoms with van der Waals surface area (Å²) in [6, 6.07) is 13.1. The molecule has 0 radical (unpaired) electrons. The number of nitrogens with one attached hydrogen (secondary N) is 1. The molecular formula is C20H20N6O3. The lowest BCUT2D eigenvalue weighted by Crippen LogP contribution is -2.33. The van der Waals surface area contributed by atoms with E-state index < -0.39 is 17.9 Å². The van der Waals surface area contributed by atoms with E-state index >= 15 is 0 Å². The Balaban J connectivity index is 1.87. The van der Waals surface area contributed by atoms with Gasteiger partial charge in [0.1, 0.15) is 23.3 Å². The van der Waals surface area contributed by atoms with Crippen LogP contribution in [0.2, 0.25) is 0 Å². The van der Waals surface area contributed by atoms with Crippen LogP contribution in [0.3, 0.4) is 0 Å². The number of pyridine rings is 1. The Morgan fingerprint density at radius 1 is 1.03 bits per heavy atom. The number of nitrogens with zero attached hydrogens (tertiary/aromatic N) is 3. The molecule has 0 fully saturated rings. The third kappa shape index (κ3) is 5.04. The molecule has 2 amide bonds. The lowest BCUT2D eigenvalue weighted by atomic mass is 10.2. The summed E-state index contributed by atoms with van der Waals surface area (Å²) in [5.74, 6) is 0.321. The zero-order chi connectivity index (χ0) is 21.0. The van der Waals surface area contributed by atoms with Crippen LogP contribution in [0.4, 0.5) is 5.82 Å². The number of aromatic nitrogens is 3. The first-order valence-electron chi connectivity index (χ1n) is 8.78. The van der Waals surface area contributed by atoms with Crippen molar-refractivity contribution in [3.05, 3.63) is 59.9 Å². The highest BCUT2D eigenvalue weighted by molar-refractivity contribution is 5.92. The van der Waals surface area contributed by atoms with Crippen LogP contribution in [-0.4, -0.2) is 32.8 Å². The average molecular weight is 392 g/mol. The zero-order valence-electron chi connectivity index (χ0n) is 15.9. The monoisotopic (exact) mass is 392 g/mol. The van der Waals surface area contributed by atoms with E-state index in [-0.39, 0.29) is 17.3 Å². The van der Waals surface area contributed by atoms with Crippen molar-refractivity contribution in [2.45, 2.75) is 19.9 Å². The smallest absolute Gasteiger partial charge is 0.267 e. The van der Waals surface area contributed by atoms with E-state index in [1.54, 1.807) is 37.3 Å². The quantitative estimate of drug-likeness (QED) is 0.557. The van der Waals surface area contributed by atoms with E-state index in [1.807, 2.05) is 19.1 Å². The highest BCUT2D eigenvalue weighted by Crippen LogP contribution is 2.24. The van der Waals surface area contributed by atoms with Crippen molar-refractivity contribution in [3.63, 3.8) is 0 Å². The molecule has 0 aliphatic carbocycles. The Bertz CT molecular complexity index is 1050. The third-order valence-electron chi connectivity index (χ3n) is 3.97. The zero-order valence-corrected chi connectivity index (χ0v) is 15.9. The van der Waals surface area contributed by atoms with E-state index in [1.165, 1.54) is 6.07 Å². The van der Waals surface area contributed by atoms with Gasteiger partial charge >= 0.3 is 0 Å². The van der Waals surface area contributed by atoms with Crippen molar-refractivity contribution in [2.75, 3.05) is 5.32 Å². The second-order valence-corrected chi connectivity index (χ2v) is 6.34. The lowest BCUT2D eigenvalue weighted by molar-refractivity contribution is -0.118. The summed E-state index contributed by atoms with van der Waals surface area (Å²) < 4.78 is 5.72. The average Bonchev–Trinajstić information content (AvgIpc) is 2.68. The molecule has 5 N–H and O–H groups in total. The topological polar surface area (TPSA) is 146 Å². The molecule has 0 aliphatic rings. The van der Waals surface area contributed by atoms with E-state index in [0.29, 0.717) is 17.2 Å². The van der Waals surface area contributed by atoms with Crippen molar-refractivity contribution in [1.82, 2.24) is 15.0 Å². The fourth-order valence-electron chi connectivity index (χ4n) is 2.44. The van der Waals surface area contributed by atoms with Gasteiger partial charge in [0.05, 0.1) is 0 Å². The van der Waals surface area contributed by atoms with Gasteiger partial charge in [-0.3, -0.25) is 9.59 Å². The molecule has 9 heteroatoms.